The first-order valence-electron chi connectivity index (χ1n) is 25.2. The zero-order valence-electron chi connectivity index (χ0n) is 40.1. The Morgan fingerprint density at radius 2 is 0.829 bits per heavy atom. The monoisotopic (exact) mass is 1000 g/mol. The van der Waals surface area contributed by atoms with Gasteiger partial charge in [0.15, 0.2) is 0 Å². The average Bonchev–Trinajstić information content (AvgIpc) is 4.35. The Bertz CT molecular complexity index is 5300. The minimum absolute atomic E-state index is 0.322. The molecule has 0 spiro atoms. The van der Waals surface area contributed by atoms with Gasteiger partial charge in [0, 0.05) is 106 Å². The number of benzene rings is 11. The van der Waals surface area contributed by atoms with E-state index >= 15 is 0 Å². The maximum Gasteiger partial charge on any atom is 0.220 e. The van der Waals surface area contributed by atoms with Crippen LogP contribution in [0.15, 0.2) is 215 Å². The average molecular weight is 1000 g/mol. The molecule has 0 bridgehead atoms. The third-order valence-electron chi connectivity index (χ3n) is 15.8. The van der Waals surface area contributed by atoms with Crippen LogP contribution in [0.3, 0.4) is 0 Å². The number of hydrogen-bond donors (Lipinski definition) is 0. The van der Waals surface area contributed by atoms with Crippen LogP contribution in [0.5, 0.6) is 0 Å². The van der Waals surface area contributed by atoms with Gasteiger partial charge in [-0.05, 0) is 48.5 Å². The van der Waals surface area contributed by atoms with Crippen LogP contribution in [0, 0.1) is 17.9 Å². The highest BCUT2D eigenvalue weighted by Crippen LogP contribution is 2.56. The Kier molecular flexibility index (Phi) is 8.36. The summed E-state index contributed by atoms with van der Waals surface area (Å²) in [5.74, 6) is 0. The first kappa shape index (κ1) is 41.5. The normalized spacial score (nSPS) is 12.2. The summed E-state index contributed by atoms with van der Waals surface area (Å²) in [6, 6.07) is 74.7. The van der Waals surface area contributed by atoms with E-state index in [0.717, 1.165) is 81.9 Å². The molecule has 6 heterocycles. The Balaban J connectivity index is 1.16. The molecule has 0 aliphatic rings. The lowest BCUT2D eigenvalue weighted by molar-refractivity contribution is 0.669. The first-order valence-corrected chi connectivity index (χ1v) is 26.8. The summed E-state index contributed by atoms with van der Waals surface area (Å²) in [5, 5.41) is 25.3. The molecule has 0 N–H and O–H groups in total. The van der Waals surface area contributed by atoms with Gasteiger partial charge in [0.05, 0.1) is 45.6 Å². The molecule has 0 amide bonds. The Morgan fingerprint density at radius 3 is 1.34 bits per heavy atom. The third-order valence-corrected chi connectivity index (χ3v) is 18.2. The molecule has 0 aliphatic carbocycles. The summed E-state index contributed by atoms with van der Waals surface area (Å²) in [5.41, 5.74) is 11.1. The van der Waals surface area contributed by atoms with Crippen molar-refractivity contribution in [3.8, 4) is 39.7 Å². The maximum absolute atomic E-state index is 12.4. The Hall–Kier alpha value is -9.96. The molecule has 17 aromatic rings. The van der Waals surface area contributed by atoms with Gasteiger partial charge in [0.25, 0.3) is 0 Å². The fraction of sp³-hybridized carbons (Fsp3) is 0. The van der Waals surface area contributed by atoms with E-state index < -0.39 is 0 Å². The quantitative estimate of drug-likeness (QED) is 0.165. The zero-order valence-corrected chi connectivity index (χ0v) is 41.7. The lowest BCUT2D eigenvalue weighted by Crippen LogP contribution is -2.09. The predicted octanol–water partition coefficient (Wildman–Crippen LogP) is 20.2. The van der Waals surface area contributed by atoms with Crippen LogP contribution < -0.4 is 0 Å². The number of fused-ring (bicyclic) bond motifs is 20. The van der Waals surface area contributed by atoms with E-state index in [-0.39, 0.29) is 0 Å². The number of nitrogens with zero attached hydrogens (tertiary/aromatic N) is 4. The molecule has 0 saturated heterocycles. The molecular weight excluding hydrogens is 969 g/mol. The van der Waals surface area contributed by atoms with Gasteiger partial charge in [-0.1, -0.05) is 158 Å². The van der Waals surface area contributed by atoms with Crippen molar-refractivity contribution in [2.45, 2.75) is 0 Å². The minimum Gasteiger partial charge on any atom is -0.455 e. The van der Waals surface area contributed by atoms with E-state index in [1.54, 1.807) is 22.7 Å². The van der Waals surface area contributed by atoms with E-state index in [9.17, 15) is 11.8 Å². The van der Waals surface area contributed by atoms with Crippen LogP contribution in [-0.4, -0.2) is 9.13 Å². The van der Waals surface area contributed by atoms with Crippen molar-refractivity contribution in [3.63, 3.8) is 0 Å². The van der Waals surface area contributed by atoms with Gasteiger partial charge in [0.1, 0.15) is 28.4 Å². The van der Waals surface area contributed by atoms with E-state index in [2.05, 4.69) is 173 Å². The first-order chi connectivity index (χ1) is 37.7. The minimum atomic E-state index is 0.322. The number of nitriles is 1. The smallest absolute Gasteiger partial charge is 0.220 e. The van der Waals surface area contributed by atoms with Crippen LogP contribution in [0.1, 0.15) is 5.56 Å². The zero-order chi connectivity index (χ0) is 49.9. The van der Waals surface area contributed by atoms with E-state index in [0.29, 0.717) is 50.5 Å². The van der Waals surface area contributed by atoms with Crippen LogP contribution in [-0.2, 0) is 0 Å². The fourth-order valence-electron chi connectivity index (χ4n) is 12.7. The van der Waals surface area contributed by atoms with E-state index in [4.69, 9.17) is 13.7 Å². The second-order valence-corrected chi connectivity index (χ2v) is 21.6. The lowest BCUT2D eigenvalue weighted by atomic mass is 9.87. The Morgan fingerprint density at radius 1 is 0.395 bits per heavy atom. The second kappa shape index (κ2) is 15.3. The van der Waals surface area contributed by atoms with Gasteiger partial charge in [0.2, 0.25) is 5.69 Å². The lowest BCUT2D eigenvalue weighted by Gasteiger charge is -2.26. The molecule has 11 aromatic carbocycles. The summed E-state index contributed by atoms with van der Waals surface area (Å²) in [6.07, 6.45) is 0. The summed E-state index contributed by atoms with van der Waals surface area (Å²) in [4.78, 5) is 4.70. The van der Waals surface area contributed by atoms with Crippen molar-refractivity contribution in [3.05, 3.63) is 223 Å². The highest BCUT2D eigenvalue weighted by Gasteiger charge is 2.35. The van der Waals surface area contributed by atoms with Crippen LogP contribution in [0.4, 0.5) is 5.69 Å². The van der Waals surface area contributed by atoms with Gasteiger partial charge in [-0.3, -0.25) is 0 Å². The highest BCUT2D eigenvalue weighted by molar-refractivity contribution is 7.27. The summed E-state index contributed by atoms with van der Waals surface area (Å²) in [7, 11) is 0. The molecule has 0 saturated carbocycles. The molecule has 0 aliphatic heterocycles. The van der Waals surface area contributed by atoms with Crippen molar-refractivity contribution < 1.29 is 8.83 Å². The van der Waals surface area contributed by atoms with Crippen molar-refractivity contribution in [2.24, 2.45) is 0 Å². The number of furan rings is 2. The van der Waals surface area contributed by atoms with Crippen LogP contribution >= 0.6 is 22.7 Å². The van der Waals surface area contributed by atoms with Crippen molar-refractivity contribution in [2.75, 3.05) is 0 Å². The van der Waals surface area contributed by atoms with E-state index in [1.165, 1.54) is 40.3 Å². The molecule has 0 atom stereocenters. The van der Waals surface area contributed by atoms with Gasteiger partial charge in [-0.15, -0.1) is 22.7 Å². The molecule has 6 nitrogen and oxygen atoms in total. The predicted molar refractivity (Wildman–Crippen MR) is 317 cm³/mol. The molecule has 0 unspecified atom stereocenters. The van der Waals surface area contributed by atoms with Crippen LogP contribution in [0.2, 0.25) is 0 Å². The van der Waals surface area contributed by atoms with E-state index in [1.807, 2.05) is 48.5 Å². The SMILES string of the molecule is [C-]#[N+]c1c(-c2cccc3c2oc2ccccc23)c(C#N)c(-n2c3ccccc3c3c4sc5ccccc5c4ccc32)c(-c2cccc3c2oc2ccccc23)c1-n1c2ccccc2c2c3sc4ccccc4c3ccc21. The maximum atomic E-state index is 12.4. The largest absolute Gasteiger partial charge is 0.455 e. The molecular formula is C68H34N4O2S2. The molecule has 76 heavy (non-hydrogen) atoms. The van der Waals surface area contributed by atoms with Crippen molar-refractivity contribution in [1.29, 1.82) is 5.26 Å². The molecule has 350 valence electrons. The van der Waals surface area contributed by atoms with Gasteiger partial charge in [-0.25, -0.2) is 4.85 Å². The number of hydrogen-bond acceptors (Lipinski definition) is 5. The summed E-state index contributed by atoms with van der Waals surface area (Å²) < 4.78 is 23.4. The number of thiophene rings is 2. The van der Waals surface area contributed by atoms with Gasteiger partial charge in [-0.2, -0.15) is 5.26 Å². The van der Waals surface area contributed by atoms with Gasteiger partial charge < -0.3 is 18.0 Å². The fourth-order valence-corrected chi connectivity index (χ4v) is 15.2. The Labute approximate surface area is 439 Å². The molecule has 0 fully saturated rings. The standard InChI is InChI=1S/C68H34N4O2S2/c1-70-62-58(47-24-14-22-41-37-16-4-10-28-54(37)73-65(41)47)49(36-69)63(71-50-26-8-2-20-45(50)59-52(71)34-32-43-39-18-6-12-30-56(39)75-67(43)59)61(48-25-15-23-42-38-17-5-11-29-55(38)74-66(42)48)64(62)72-51-27-9-3-21-46(51)60-53(72)35-33-44-40-19-7-13-31-57(40)76-68(44)60/h2-35H. The number of aromatic nitrogens is 2. The molecule has 17 rings (SSSR count). The van der Waals surface area contributed by atoms with Gasteiger partial charge >= 0.3 is 0 Å². The third kappa shape index (κ3) is 5.35. The molecule has 8 heteroatoms. The number of para-hydroxylation sites is 6. The topological polar surface area (TPSA) is 64.3 Å². The number of rotatable bonds is 4. The highest BCUT2D eigenvalue weighted by atomic mass is 32.1. The van der Waals surface area contributed by atoms with Crippen molar-refractivity contribution >= 4 is 156 Å². The molecule has 0 radical (unpaired) electrons. The summed E-state index contributed by atoms with van der Waals surface area (Å²) in [6.45, 7) is 9.69. The summed E-state index contributed by atoms with van der Waals surface area (Å²) >= 11 is 3.59. The van der Waals surface area contributed by atoms with Crippen molar-refractivity contribution in [1.82, 2.24) is 9.13 Å². The molecule has 6 aromatic heterocycles. The second-order valence-electron chi connectivity index (χ2n) is 19.5. The van der Waals surface area contributed by atoms with Crippen LogP contribution in [0.25, 0.3) is 166 Å².